The molecule has 2 aromatic heterocycles. The van der Waals surface area contributed by atoms with Crippen molar-refractivity contribution in [3.63, 3.8) is 0 Å². The van der Waals surface area contributed by atoms with E-state index < -0.39 is 0 Å². The number of pyridine rings is 2. The molecule has 0 N–H and O–H groups in total. The normalized spacial score (nSPS) is 12.7. The highest BCUT2D eigenvalue weighted by molar-refractivity contribution is 5.85. The topological polar surface area (TPSA) is 29.0 Å². The number of hydrogen-bond acceptors (Lipinski definition) is 3. The van der Waals surface area contributed by atoms with Crippen molar-refractivity contribution in [1.82, 2.24) is 14.9 Å². The van der Waals surface area contributed by atoms with Gasteiger partial charge in [-0.2, -0.15) is 0 Å². The highest BCUT2D eigenvalue weighted by atomic mass is 15.1. The first-order chi connectivity index (χ1) is 11.2. The van der Waals surface area contributed by atoms with Gasteiger partial charge in [0.1, 0.15) is 0 Å². The summed E-state index contributed by atoms with van der Waals surface area (Å²) in [4.78, 5) is 11.5. The number of rotatable bonds is 5. The molecule has 3 aromatic rings. The highest BCUT2D eigenvalue weighted by Crippen LogP contribution is 2.31. The number of aromatic nitrogens is 2. The molecule has 3 heteroatoms. The van der Waals surface area contributed by atoms with Gasteiger partial charge in [-0.1, -0.05) is 32.0 Å². The van der Waals surface area contributed by atoms with Gasteiger partial charge < -0.3 is 0 Å². The Morgan fingerprint density at radius 1 is 1.04 bits per heavy atom. The van der Waals surface area contributed by atoms with Gasteiger partial charge in [0, 0.05) is 29.4 Å². The first-order valence-electron chi connectivity index (χ1n) is 8.28. The summed E-state index contributed by atoms with van der Waals surface area (Å²) < 4.78 is 0. The minimum absolute atomic E-state index is 0.355. The van der Waals surface area contributed by atoms with Crippen LogP contribution in [0.1, 0.15) is 32.4 Å². The molecule has 0 bridgehead atoms. The SMILES string of the molecule is CCN(CC)C(C)c1cc(-c2cccnc2)nc2ccccc12. The van der Waals surface area contributed by atoms with Gasteiger partial charge in [0.25, 0.3) is 0 Å². The quantitative estimate of drug-likeness (QED) is 0.684. The van der Waals surface area contributed by atoms with Gasteiger partial charge in [-0.25, -0.2) is 4.98 Å². The maximum atomic E-state index is 4.84. The molecule has 0 spiro atoms. The van der Waals surface area contributed by atoms with Crippen LogP contribution in [-0.4, -0.2) is 28.0 Å². The van der Waals surface area contributed by atoms with Crippen LogP contribution in [-0.2, 0) is 0 Å². The van der Waals surface area contributed by atoms with Gasteiger partial charge in [-0.05, 0) is 49.8 Å². The maximum absolute atomic E-state index is 4.84. The van der Waals surface area contributed by atoms with E-state index in [1.54, 1.807) is 6.20 Å². The Morgan fingerprint density at radius 2 is 1.83 bits per heavy atom. The van der Waals surface area contributed by atoms with Crippen LogP contribution in [0.5, 0.6) is 0 Å². The Balaban J connectivity index is 2.19. The largest absolute Gasteiger partial charge is 0.297 e. The second-order valence-electron chi connectivity index (χ2n) is 5.75. The second-order valence-corrected chi connectivity index (χ2v) is 5.75. The van der Waals surface area contributed by atoms with Gasteiger partial charge >= 0.3 is 0 Å². The Hall–Kier alpha value is -2.26. The molecule has 1 atom stereocenters. The van der Waals surface area contributed by atoms with Crippen molar-refractivity contribution in [2.45, 2.75) is 26.8 Å². The third-order valence-corrected chi connectivity index (χ3v) is 4.52. The predicted octanol–water partition coefficient (Wildman–Crippen LogP) is 4.70. The fraction of sp³-hybridized carbons (Fsp3) is 0.300. The van der Waals surface area contributed by atoms with E-state index in [0.29, 0.717) is 6.04 Å². The molecule has 0 amide bonds. The lowest BCUT2D eigenvalue weighted by Crippen LogP contribution is -2.26. The molecule has 0 fully saturated rings. The van der Waals surface area contributed by atoms with E-state index in [1.165, 1.54) is 10.9 Å². The lowest BCUT2D eigenvalue weighted by atomic mass is 9.99. The first-order valence-corrected chi connectivity index (χ1v) is 8.28. The van der Waals surface area contributed by atoms with E-state index in [9.17, 15) is 0 Å². The monoisotopic (exact) mass is 305 g/mol. The third-order valence-electron chi connectivity index (χ3n) is 4.52. The molecule has 1 aromatic carbocycles. The van der Waals surface area contributed by atoms with Crippen molar-refractivity contribution in [3.8, 4) is 11.3 Å². The van der Waals surface area contributed by atoms with E-state index in [4.69, 9.17) is 4.98 Å². The summed E-state index contributed by atoms with van der Waals surface area (Å²) in [6.45, 7) is 8.78. The molecule has 118 valence electrons. The van der Waals surface area contributed by atoms with Gasteiger partial charge in [0.15, 0.2) is 0 Å². The number of para-hydroxylation sites is 1. The van der Waals surface area contributed by atoms with Crippen molar-refractivity contribution >= 4 is 10.9 Å². The predicted molar refractivity (Wildman–Crippen MR) is 96.3 cm³/mol. The lowest BCUT2D eigenvalue weighted by molar-refractivity contribution is 0.235. The molecule has 0 aliphatic carbocycles. The average Bonchev–Trinajstić information content (AvgIpc) is 2.62. The standard InChI is InChI=1S/C20H23N3/c1-4-23(5-2)15(3)18-13-20(16-9-8-12-21-14-16)22-19-11-7-6-10-17(18)19/h6-15H,4-5H2,1-3H3. The Bertz CT molecular complexity index is 779. The molecular weight excluding hydrogens is 282 g/mol. The van der Waals surface area contributed by atoms with Crippen LogP contribution in [0.15, 0.2) is 54.9 Å². The molecular formula is C20H23N3. The van der Waals surface area contributed by atoms with Crippen LogP contribution in [0.2, 0.25) is 0 Å². The Morgan fingerprint density at radius 3 is 2.52 bits per heavy atom. The van der Waals surface area contributed by atoms with Crippen molar-refractivity contribution < 1.29 is 0 Å². The van der Waals surface area contributed by atoms with Crippen LogP contribution in [0, 0.1) is 0 Å². The molecule has 0 radical (unpaired) electrons. The number of hydrogen-bond donors (Lipinski definition) is 0. The molecule has 3 rings (SSSR count). The van der Waals surface area contributed by atoms with Gasteiger partial charge in [-0.3, -0.25) is 9.88 Å². The average molecular weight is 305 g/mol. The minimum Gasteiger partial charge on any atom is -0.297 e. The highest BCUT2D eigenvalue weighted by Gasteiger charge is 2.17. The van der Waals surface area contributed by atoms with Gasteiger partial charge in [0.05, 0.1) is 11.2 Å². The summed E-state index contributed by atoms with van der Waals surface area (Å²) >= 11 is 0. The number of benzene rings is 1. The molecule has 0 aliphatic heterocycles. The molecule has 0 aliphatic rings. The van der Waals surface area contributed by atoms with Crippen LogP contribution in [0.3, 0.4) is 0 Å². The Labute approximate surface area is 138 Å². The third kappa shape index (κ3) is 3.10. The second kappa shape index (κ2) is 6.88. The lowest BCUT2D eigenvalue weighted by Gasteiger charge is -2.28. The summed E-state index contributed by atoms with van der Waals surface area (Å²) in [7, 11) is 0. The van der Waals surface area contributed by atoms with Crippen molar-refractivity contribution in [2.75, 3.05) is 13.1 Å². The van der Waals surface area contributed by atoms with E-state index in [1.807, 2.05) is 18.3 Å². The summed E-state index contributed by atoms with van der Waals surface area (Å²) in [5.41, 5.74) is 4.43. The van der Waals surface area contributed by atoms with E-state index >= 15 is 0 Å². The zero-order valence-corrected chi connectivity index (χ0v) is 14.0. The van der Waals surface area contributed by atoms with E-state index in [0.717, 1.165) is 29.9 Å². The van der Waals surface area contributed by atoms with E-state index in [2.05, 4.69) is 61.0 Å². The Kier molecular flexibility index (Phi) is 4.68. The molecule has 23 heavy (non-hydrogen) atoms. The van der Waals surface area contributed by atoms with Crippen LogP contribution >= 0.6 is 0 Å². The summed E-state index contributed by atoms with van der Waals surface area (Å²) in [5.74, 6) is 0. The molecule has 2 heterocycles. The number of nitrogens with zero attached hydrogens (tertiary/aromatic N) is 3. The summed E-state index contributed by atoms with van der Waals surface area (Å²) in [6, 6.07) is 15.0. The van der Waals surface area contributed by atoms with E-state index in [-0.39, 0.29) is 0 Å². The molecule has 0 saturated carbocycles. The first kappa shape index (κ1) is 15.6. The van der Waals surface area contributed by atoms with Crippen LogP contribution in [0.4, 0.5) is 0 Å². The molecule has 1 unspecified atom stereocenters. The fourth-order valence-corrected chi connectivity index (χ4v) is 3.18. The molecule has 3 nitrogen and oxygen atoms in total. The molecule has 0 saturated heterocycles. The number of fused-ring (bicyclic) bond motifs is 1. The minimum atomic E-state index is 0.355. The van der Waals surface area contributed by atoms with Crippen molar-refractivity contribution in [2.24, 2.45) is 0 Å². The maximum Gasteiger partial charge on any atom is 0.0728 e. The van der Waals surface area contributed by atoms with Crippen LogP contribution < -0.4 is 0 Å². The summed E-state index contributed by atoms with van der Waals surface area (Å²) in [6.07, 6.45) is 3.67. The van der Waals surface area contributed by atoms with Crippen LogP contribution in [0.25, 0.3) is 22.2 Å². The summed E-state index contributed by atoms with van der Waals surface area (Å²) in [5, 5.41) is 1.24. The fourth-order valence-electron chi connectivity index (χ4n) is 3.18. The van der Waals surface area contributed by atoms with Crippen molar-refractivity contribution in [3.05, 3.63) is 60.4 Å². The van der Waals surface area contributed by atoms with Gasteiger partial charge in [0.2, 0.25) is 0 Å². The zero-order valence-electron chi connectivity index (χ0n) is 14.0. The zero-order chi connectivity index (χ0) is 16.2. The van der Waals surface area contributed by atoms with Gasteiger partial charge in [-0.15, -0.1) is 0 Å². The smallest absolute Gasteiger partial charge is 0.0728 e. The van der Waals surface area contributed by atoms with Crippen molar-refractivity contribution in [1.29, 1.82) is 0 Å².